The Morgan fingerprint density at radius 1 is 1.42 bits per heavy atom. The van der Waals surface area contributed by atoms with Gasteiger partial charge in [-0.1, -0.05) is 12.1 Å². The van der Waals surface area contributed by atoms with E-state index in [2.05, 4.69) is 23.0 Å². The van der Waals surface area contributed by atoms with Crippen LogP contribution >= 0.6 is 0 Å². The van der Waals surface area contributed by atoms with Gasteiger partial charge in [0.1, 0.15) is 17.9 Å². The van der Waals surface area contributed by atoms with Crippen molar-refractivity contribution in [1.82, 2.24) is 14.7 Å². The Kier molecular flexibility index (Phi) is 4.74. The molecular formula is C18H24N4O2. The molecule has 128 valence electrons. The van der Waals surface area contributed by atoms with Crippen molar-refractivity contribution in [3.05, 3.63) is 42.7 Å². The van der Waals surface area contributed by atoms with Crippen molar-refractivity contribution < 1.29 is 9.53 Å². The van der Waals surface area contributed by atoms with Gasteiger partial charge in [0.05, 0.1) is 18.8 Å². The normalized spacial score (nSPS) is 17.8. The van der Waals surface area contributed by atoms with Crippen LogP contribution in [0.4, 0.5) is 5.69 Å². The number of hydrogen-bond acceptors (Lipinski definition) is 4. The number of ether oxygens (including phenoxy) is 1. The number of anilines is 1. The standard InChI is InChI=1S/C18H24N4O2/c1-4-21-13-15(24-17-9-6-5-8-16(17)21)12-20(3)18(23)14(2)22-11-7-10-19-22/h5-11,14-15H,4,12-13H2,1-3H3. The number of hydrogen-bond donors (Lipinski definition) is 0. The van der Waals surface area contributed by atoms with E-state index in [1.165, 1.54) is 0 Å². The fourth-order valence-electron chi connectivity index (χ4n) is 3.11. The third-order valence-corrected chi connectivity index (χ3v) is 4.44. The number of aromatic nitrogens is 2. The van der Waals surface area contributed by atoms with Crippen molar-refractivity contribution in [3.63, 3.8) is 0 Å². The third kappa shape index (κ3) is 3.22. The Labute approximate surface area is 142 Å². The molecule has 0 saturated heterocycles. The van der Waals surface area contributed by atoms with E-state index in [0.29, 0.717) is 6.54 Å². The second-order valence-electron chi connectivity index (χ2n) is 6.13. The van der Waals surface area contributed by atoms with Crippen LogP contribution in [0.15, 0.2) is 42.7 Å². The van der Waals surface area contributed by atoms with Gasteiger partial charge in [-0.25, -0.2) is 0 Å². The van der Waals surface area contributed by atoms with Gasteiger partial charge in [0.25, 0.3) is 0 Å². The summed E-state index contributed by atoms with van der Waals surface area (Å²) in [6, 6.07) is 9.56. The summed E-state index contributed by atoms with van der Waals surface area (Å²) in [4.78, 5) is 16.6. The summed E-state index contributed by atoms with van der Waals surface area (Å²) < 4.78 is 7.77. The van der Waals surface area contributed by atoms with Gasteiger partial charge in [-0.3, -0.25) is 9.48 Å². The molecule has 24 heavy (non-hydrogen) atoms. The maximum Gasteiger partial charge on any atom is 0.247 e. The van der Waals surface area contributed by atoms with Crippen molar-refractivity contribution in [2.45, 2.75) is 26.0 Å². The lowest BCUT2D eigenvalue weighted by molar-refractivity contribution is -0.134. The molecule has 2 atom stereocenters. The van der Waals surface area contributed by atoms with Crippen LogP contribution in [0.25, 0.3) is 0 Å². The van der Waals surface area contributed by atoms with Gasteiger partial charge in [0, 0.05) is 26.0 Å². The number of carbonyl (C=O) groups is 1. The molecule has 0 radical (unpaired) electrons. The molecule has 6 heteroatoms. The molecule has 1 aromatic heterocycles. The maximum atomic E-state index is 12.6. The van der Waals surface area contributed by atoms with Crippen molar-refractivity contribution in [2.24, 2.45) is 0 Å². The summed E-state index contributed by atoms with van der Waals surface area (Å²) in [5, 5.41) is 4.15. The lowest BCUT2D eigenvalue weighted by Crippen LogP contribution is -2.47. The van der Waals surface area contributed by atoms with Crippen LogP contribution in [-0.2, 0) is 4.79 Å². The molecule has 0 saturated carbocycles. The highest BCUT2D eigenvalue weighted by molar-refractivity contribution is 5.79. The molecule has 6 nitrogen and oxygen atoms in total. The van der Waals surface area contributed by atoms with E-state index >= 15 is 0 Å². The van der Waals surface area contributed by atoms with E-state index in [1.807, 2.05) is 44.4 Å². The van der Waals surface area contributed by atoms with Gasteiger partial charge in [0.15, 0.2) is 0 Å². The first kappa shape index (κ1) is 16.4. The van der Waals surface area contributed by atoms with E-state index in [9.17, 15) is 4.79 Å². The first-order valence-corrected chi connectivity index (χ1v) is 8.35. The number of para-hydroxylation sites is 2. The highest BCUT2D eigenvalue weighted by Crippen LogP contribution is 2.32. The van der Waals surface area contributed by atoms with Crippen LogP contribution in [0.3, 0.4) is 0 Å². The fraction of sp³-hybridized carbons (Fsp3) is 0.444. The van der Waals surface area contributed by atoms with Crippen molar-refractivity contribution in [2.75, 3.05) is 31.6 Å². The van der Waals surface area contributed by atoms with Crippen LogP contribution in [0, 0.1) is 0 Å². The molecular weight excluding hydrogens is 304 g/mol. The quantitative estimate of drug-likeness (QED) is 0.844. The number of fused-ring (bicyclic) bond motifs is 1. The van der Waals surface area contributed by atoms with Gasteiger partial charge in [-0.15, -0.1) is 0 Å². The number of carbonyl (C=O) groups excluding carboxylic acids is 1. The fourth-order valence-corrected chi connectivity index (χ4v) is 3.11. The number of nitrogens with zero attached hydrogens (tertiary/aromatic N) is 4. The average Bonchev–Trinajstić information content (AvgIpc) is 3.14. The zero-order chi connectivity index (χ0) is 17.1. The summed E-state index contributed by atoms with van der Waals surface area (Å²) in [5.41, 5.74) is 1.12. The van der Waals surface area contributed by atoms with Gasteiger partial charge in [0.2, 0.25) is 5.91 Å². The van der Waals surface area contributed by atoms with E-state index in [0.717, 1.165) is 24.5 Å². The van der Waals surface area contributed by atoms with Crippen LogP contribution in [-0.4, -0.2) is 53.4 Å². The lowest BCUT2D eigenvalue weighted by atomic mass is 10.1. The molecule has 1 amide bonds. The highest BCUT2D eigenvalue weighted by atomic mass is 16.5. The van der Waals surface area contributed by atoms with Crippen molar-refractivity contribution in [3.8, 4) is 5.75 Å². The predicted molar refractivity (Wildman–Crippen MR) is 93.3 cm³/mol. The summed E-state index contributed by atoms with van der Waals surface area (Å²) in [6.07, 6.45) is 3.45. The Bertz CT molecular complexity index is 686. The Morgan fingerprint density at radius 2 is 2.21 bits per heavy atom. The minimum absolute atomic E-state index is 0.0317. The monoisotopic (exact) mass is 328 g/mol. The zero-order valence-corrected chi connectivity index (χ0v) is 14.4. The van der Waals surface area contributed by atoms with Crippen LogP contribution < -0.4 is 9.64 Å². The molecule has 0 aliphatic carbocycles. The average molecular weight is 328 g/mol. The minimum Gasteiger partial charge on any atom is -0.485 e. The SMILES string of the molecule is CCN1CC(CN(C)C(=O)C(C)n2cccn2)Oc2ccccc21. The zero-order valence-electron chi connectivity index (χ0n) is 14.4. The Morgan fingerprint density at radius 3 is 2.92 bits per heavy atom. The molecule has 0 bridgehead atoms. The maximum absolute atomic E-state index is 12.6. The smallest absolute Gasteiger partial charge is 0.247 e. The van der Waals surface area contributed by atoms with Gasteiger partial charge in [-0.2, -0.15) is 5.10 Å². The first-order valence-electron chi connectivity index (χ1n) is 8.35. The molecule has 0 spiro atoms. The first-order chi connectivity index (χ1) is 11.6. The minimum atomic E-state index is -0.317. The lowest BCUT2D eigenvalue weighted by Gasteiger charge is -2.37. The highest BCUT2D eigenvalue weighted by Gasteiger charge is 2.28. The molecule has 1 aromatic carbocycles. The molecule has 1 aliphatic heterocycles. The van der Waals surface area contributed by atoms with Crippen LogP contribution in [0.2, 0.25) is 0 Å². The van der Waals surface area contributed by atoms with E-state index in [1.54, 1.807) is 15.8 Å². The molecule has 1 aliphatic rings. The van der Waals surface area contributed by atoms with Gasteiger partial charge in [-0.05, 0) is 32.0 Å². The summed E-state index contributed by atoms with van der Waals surface area (Å²) in [6.45, 7) is 6.24. The second-order valence-corrected chi connectivity index (χ2v) is 6.13. The third-order valence-electron chi connectivity index (χ3n) is 4.44. The van der Waals surface area contributed by atoms with E-state index in [-0.39, 0.29) is 18.1 Å². The van der Waals surface area contributed by atoms with Crippen molar-refractivity contribution in [1.29, 1.82) is 0 Å². The molecule has 2 aromatic rings. The number of amides is 1. The molecule has 0 fully saturated rings. The summed E-state index contributed by atoms with van der Waals surface area (Å²) >= 11 is 0. The van der Waals surface area contributed by atoms with Crippen LogP contribution in [0.1, 0.15) is 19.9 Å². The van der Waals surface area contributed by atoms with Crippen LogP contribution in [0.5, 0.6) is 5.75 Å². The Balaban J connectivity index is 1.67. The largest absolute Gasteiger partial charge is 0.485 e. The molecule has 3 rings (SSSR count). The number of rotatable bonds is 5. The predicted octanol–water partition coefficient (Wildman–Crippen LogP) is 2.19. The van der Waals surface area contributed by atoms with E-state index < -0.39 is 0 Å². The Hall–Kier alpha value is -2.50. The van der Waals surface area contributed by atoms with Gasteiger partial charge < -0.3 is 14.5 Å². The second kappa shape index (κ2) is 6.95. The van der Waals surface area contributed by atoms with Gasteiger partial charge >= 0.3 is 0 Å². The molecule has 0 N–H and O–H groups in total. The van der Waals surface area contributed by atoms with Crippen molar-refractivity contribution >= 4 is 11.6 Å². The number of benzene rings is 1. The summed E-state index contributed by atoms with van der Waals surface area (Å²) in [7, 11) is 1.82. The molecule has 2 heterocycles. The number of likely N-dealkylation sites (N-methyl/N-ethyl adjacent to an activating group) is 2. The summed E-state index contributed by atoms with van der Waals surface area (Å²) in [5.74, 6) is 0.917. The molecule has 2 unspecified atom stereocenters. The van der Waals surface area contributed by atoms with E-state index in [4.69, 9.17) is 4.74 Å². The topological polar surface area (TPSA) is 50.6 Å².